The van der Waals surface area contributed by atoms with E-state index < -0.39 is 5.54 Å². The Morgan fingerprint density at radius 1 is 1.57 bits per heavy atom. The van der Waals surface area contributed by atoms with Crippen molar-refractivity contribution in [3.05, 3.63) is 24.3 Å². The van der Waals surface area contributed by atoms with Gasteiger partial charge in [-0.15, -0.1) is 0 Å². The number of nitriles is 1. The fourth-order valence-corrected chi connectivity index (χ4v) is 3.02. The van der Waals surface area contributed by atoms with Crippen LogP contribution in [0.3, 0.4) is 0 Å². The van der Waals surface area contributed by atoms with Crippen LogP contribution < -0.4 is 5.32 Å². The van der Waals surface area contributed by atoms with Gasteiger partial charge in [-0.25, -0.2) is 4.98 Å². The Morgan fingerprint density at radius 3 is 3.00 bits per heavy atom. The SMILES string of the molecule is CC(C#N)(NC(=O)CSc1nc2ccccc2[nH]1)C1CC1. The number of carbonyl (C=O) groups excluding carboxylic acids is 1. The average Bonchev–Trinajstić information content (AvgIpc) is 3.25. The number of hydrogen-bond acceptors (Lipinski definition) is 4. The van der Waals surface area contributed by atoms with E-state index in [9.17, 15) is 10.1 Å². The molecule has 0 aliphatic heterocycles. The first-order valence-corrected chi connectivity index (χ1v) is 7.89. The Balaban J connectivity index is 1.59. The summed E-state index contributed by atoms with van der Waals surface area (Å²) in [7, 11) is 0. The molecule has 1 heterocycles. The molecule has 1 amide bonds. The largest absolute Gasteiger partial charge is 0.337 e. The van der Waals surface area contributed by atoms with Gasteiger partial charge < -0.3 is 10.3 Å². The van der Waals surface area contributed by atoms with Crippen molar-refractivity contribution in [2.45, 2.75) is 30.5 Å². The maximum atomic E-state index is 12.0. The second kappa shape index (κ2) is 5.41. The lowest BCUT2D eigenvalue weighted by Gasteiger charge is -2.22. The van der Waals surface area contributed by atoms with Crippen LogP contribution in [0.2, 0.25) is 0 Å². The number of thioether (sulfide) groups is 1. The maximum Gasteiger partial charge on any atom is 0.231 e. The van der Waals surface area contributed by atoms with Crippen LogP contribution in [0.25, 0.3) is 11.0 Å². The van der Waals surface area contributed by atoms with E-state index in [2.05, 4.69) is 21.4 Å². The standard InChI is InChI=1S/C15H16N4OS/c1-15(9-16,10-6-7-10)19-13(20)8-21-14-17-11-4-2-3-5-12(11)18-14/h2-5,10H,6-8H2,1H3,(H,17,18)(H,19,20). The minimum absolute atomic E-state index is 0.128. The second-order valence-electron chi connectivity index (χ2n) is 5.48. The lowest BCUT2D eigenvalue weighted by molar-refractivity contribution is -0.119. The topological polar surface area (TPSA) is 81.6 Å². The van der Waals surface area contributed by atoms with Gasteiger partial charge in [0, 0.05) is 0 Å². The van der Waals surface area contributed by atoms with Gasteiger partial charge in [0.1, 0.15) is 5.54 Å². The molecule has 1 aromatic carbocycles. The predicted octanol–water partition coefficient (Wildman–Crippen LogP) is 2.46. The van der Waals surface area contributed by atoms with E-state index in [4.69, 9.17) is 0 Å². The van der Waals surface area contributed by atoms with Gasteiger partial charge in [-0.05, 0) is 37.8 Å². The zero-order valence-electron chi connectivity index (χ0n) is 11.7. The minimum Gasteiger partial charge on any atom is -0.337 e. The van der Waals surface area contributed by atoms with E-state index in [1.807, 2.05) is 24.3 Å². The highest BCUT2D eigenvalue weighted by molar-refractivity contribution is 7.99. The van der Waals surface area contributed by atoms with Gasteiger partial charge in [-0.2, -0.15) is 5.26 Å². The van der Waals surface area contributed by atoms with Crippen molar-refractivity contribution in [2.24, 2.45) is 5.92 Å². The Kier molecular flexibility index (Phi) is 3.60. The molecule has 1 atom stereocenters. The summed E-state index contributed by atoms with van der Waals surface area (Å²) in [4.78, 5) is 19.6. The first kappa shape index (κ1) is 14.0. The number of para-hydroxylation sites is 2. The number of rotatable bonds is 5. The molecule has 0 saturated heterocycles. The number of nitrogens with zero attached hydrogens (tertiary/aromatic N) is 2. The molecule has 6 heteroatoms. The third kappa shape index (κ3) is 3.03. The van der Waals surface area contributed by atoms with Crippen molar-refractivity contribution >= 4 is 28.7 Å². The van der Waals surface area contributed by atoms with Crippen LogP contribution in [0.1, 0.15) is 19.8 Å². The summed E-state index contributed by atoms with van der Waals surface area (Å²) in [6.07, 6.45) is 2.03. The molecule has 1 unspecified atom stereocenters. The number of aromatic amines is 1. The molecule has 3 rings (SSSR count). The third-order valence-corrected chi connectivity index (χ3v) is 4.61. The lowest BCUT2D eigenvalue weighted by atomic mass is 9.98. The summed E-state index contributed by atoms with van der Waals surface area (Å²) in [5, 5.41) is 12.8. The van der Waals surface area contributed by atoms with Crippen LogP contribution in [0, 0.1) is 17.2 Å². The fraction of sp³-hybridized carbons (Fsp3) is 0.400. The van der Waals surface area contributed by atoms with Crippen LogP contribution in [-0.2, 0) is 4.79 Å². The van der Waals surface area contributed by atoms with Gasteiger partial charge in [0.2, 0.25) is 5.91 Å². The first-order chi connectivity index (χ1) is 10.1. The van der Waals surface area contributed by atoms with Crippen LogP contribution in [-0.4, -0.2) is 27.2 Å². The van der Waals surface area contributed by atoms with Gasteiger partial charge in [-0.1, -0.05) is 23.9 Å². The van der Waals surface area contributed by atoms with E-state index in [1.54, 1.807) is 6.92 Å². The third-order valence-electron chi connectivity index (χ3n) is 3.73. The molecule has 1 aliphatic rings. The van der Waals surface area contributed by atoms with Gasteiger partial charge >= 0.3 is 0 Å². The molecule has 2 aromatic rings. The molecule has 0 bridgehead atoms. The van der Waals surface area contributed by atoms with Crippen molar-refractivity contribution in [2.75, 3.05) is 5.75 Å². The van der Waals surface area contributed by atoms with E-state index >= 15 is 0 Å². The highest BCUT2D eigenvalue weighted by Gasteiger charge is 2.42. The number of benzene rings is 1. The molecule has 1 saturated carbocycles. The summed E-state index contributed by atoms with van der Waals surface area (Å²) < 4.78 is 0. The van der Waals surface area contributed by atoms with Crippen LogP contribution in [0.5, 0.6) is 0 Å². The van der Waals surface area contributed by atoms with Crippen molar-refractivity contribution in [3.63, 3.8) is 0 Å². The van der Waals surface area contributed by atoms with Crippen molar-refractivity contribution < 1.29 is 4.79 Å². The van der Waals surface area contributed by atoms with Gasteiger partial charge in [0.25, 0.3) is 0 Å². The number of aromatic nitrogens is 2. The molecular formula is C15H16N4OS. The number of nitrogens with one attached hydrogen (secondary N) is 2. The van der Waals surface area contributed by atoms with Crippen molar-refractivity contribution in [1.82, 2.24) is 15.3 Å². The Labute approximate surface area is 127 Å². The van der Waals surface area contributed by atoms with Crippen molar-refractivity contribution in [3.8, 4) is 6.07 Å². The Morgan fingerprint density at radius 2 is 2.33 bits per heavy atom. The van der Waals surface area contributed by atoms with Crippen molar-refractivity contribution in [1.29, 1.82) is 5.26 Å². The van der Waals surface area contributed by atoms with E-state index in [0.717, 1.165) is 29.0 Å². The summed E-state index contributed by atoms with van der Waals surface area (Å²) in [6, 6.07) is 9.97. The van der Waals surface area contributed by atoms with Gasteiger partial charge in [-0.3, -0.25) is 4.79 Å². The number of amides is 1. The summed E-state index contributed by atoms with van der Waals surface area (Å²) in [5.74, 6) is 0.420. The number of hydrogen-bond donors (Lipinski definition) is 2. The first-order valence-electron chi connectivity index (χ1n) is 6.90. The number of carbonyl (C=O) groups is 1. The zero-order valence-corrected chi connectivity index (χ0v) is 12.5. The summed E-state index contributed by atoms with van der Waals surface area (Å²) in [6.45, 7) is 1.80. The zero-order chi connectivity index (χ0) is 14.9. The maximum absolute atomic E-state index is 12.0. The summed E-state index contributed by atoms with van der Waals surface area (Å²) in [5.41, 5.74) is 1.12. The highest BCUT2D eigenvalue weighted by atomic mass is 32.2. The molecule has 5 nitrogen and oxygen atoms in total. The molecule has 2 N–H and O–H groups in total. The molecule has 1 aromatic heterocycles. The average molecular weight is 300 g/mol. The minimum atomic E-state index is -0.731. The number of fused-ring (bicyclic) bond motifs is 1. The molecule has 21 heavy (non-hydrogen) atoms. The highest BCUT2D eigenvalue weighted by Crippen LogP contribution is 2.39. The molecule has 1 aliphatic carbocycles. The van der Waals surface area contributed by atoms with E-state index in [0.29, 0.717) is 5.92 Å². The summed E-state index contributed by atoms with van der Waals surface area (Å²) >= 11 is 1.35. The van der Waals surface area contributed by atoms with Crippen LogP contribution in [0.15, 0.2) is 29.4 Å². The number of imidazole rings is 1. The molecule has 108 valence electrons. The van der Waals surface area contributed by atoms with Crippen LogP contribution in [0.4, 0.5) is 0 Å². The molecule has 0 spiro atoms. The van der Waals surface area contributed by atoms with Gasteiger partial charge in [0.05, 0.1) is 22.9 Å². The molecule has 1 fully saturated rings. The van der Waals surface area contributed by atoms with Crippen LogP contribution >= 0.6 is 11.8 Å². The number of H-pyrrole nitrogens is 1. The second-order valence-corrected chi connectivity index (χ2v) is 6.45. The van der Waals surface area contributed by atoms with E-state index in [-0.39, 0.29) is 11.7 Å². The quantitative estimate of drug-likeness (QED) is 0.831. The predicted molar refractivity (Wildman–Crippen MR) is 81.7 cm³/mol. The smallest absolute Gasteiger partial charge is 0.231 e. The lowest BCUT2D eigenvalue weighted by Crippen LogP contribution is -2.47. The normalized spacial score (nSPS) is 17.1. The van der Waals surface area contributed by atoms with Gasteiger partial charge in [0.15, 0.2) is 5.16 Å². The van der Waals surface area contributed by atoms with E-state index in [1.165, 1.54) is 11.8 Å². The molecule has 0 radical (unpaired) electrons. The monoisotopic (exact) mass is 300 g/mol. The fourth-order valence-electron chi connectivity index (χ4n) is 2.34. The Hall–Kier alpha value is -2.00. The molecular weight excluding hydrogens is 284 g/mol. The Bertz CT molecular complexity index is 683.